The summed E-state index contributed by atoms with van der Waals surface area (Å²) in [5.74, 6) is 1.57. The average molecular weight is 260 g/mol. The highest BCUT2D eigenvalue weighted by molar-refractivity contribution is 5.45. The van der Waals surface area contributed by atoms with E-state index in [9.17, 15) is 4.39 Å². The second-order valence-electron chi connectivity index (χ2n) is 4.60. The van der Waals surface area contributed by atoms with Crippen LogP contribution in [0, 0.1) is 12.7 Å². The smallest absolute Gasteiger partial charge is 0.132 e. The number of nitrogens with zero attached hydrogens (tertiary/aromatic N) is 2. The van der Waals surface area contributed by atoms with Crippen molar-refractivity contribution in [2.75, 3.05) is 11.1 Å². The van der Waals surface area contributed by atoms with Crippen molar-refractivity contribution in [3.63, 3.8) is 0 Å². The fourth-order valence-electron chi connectivity index (χ4n) is 1.94. The number of nitrogen functional groups attached to an aromatic ring is 1. The van der Waals surface area contributed by atoms with Crippen molar-refractivity contribution in [2.45, 2.75) is 26.3 Å². The summed E-state index contributed by atoms with van der Waals surface area (Å²) < 4.78 is 12.8. The molecule has 0 spiro atoms. The number of hydrogen-bond donors (Lipinski definition) is 2. The van der Waals surface area contributed by atoms with Crippen LogP contribution in [0.3, 0.4) is 0 Å². The van der Waals surface area contributed by atoms with Crippen molar-refractivity contribution < 1.29 is 4.39 Å². The van der Waals surface area contributed by atoms with E-state index in [1.165, 1.54) is 12.1 Å². The zero-order valence-corrected chi connectivity index (χ0v) is 11.0. The Morgan fingerprint density at radius 1 is 1.26 bits per heavy atom. The van der Waals surface area contributed by atoms with Crippen LogP contribution in [-0.4, -0.2) is 16.0 Å². The van der Waals surface area contributed by atoms with Gasteiger partial charge in [-0.15, -0.1) is 0 Å². The molecule has 0 aliphatic heterocycles. The van der Waals surface area contributed by atoms with Crippen LogP contribution in [-0.2, 0) is 6.42 Å². The van der Waals surface area contributed by atoms with Gasteiger partial charge in [0.1, 0.15) is 23.3 Å². The van der Waals surface area contributed by atoms with Crippen LogP contribution >= 0.6 is 0 Å². The van der Waals surface area contributed by atoms with Crippen LogP contribution in [0.5, 0.6) is 0 Å². The van der Waals surface area contributed by atoms with Gasteiger partial charge in [-0.2, -0.15) is 0 Å². The zero-order valence-electron chi connectivity index (χ0n) is 11.0. The van der Waals surface area contributed by atoms with Crippen molar-refractivity contribution in [1.29, 1.82) is 0 Å². The molecule has 19 heavy (non-hydrogen) atoms. The molecular weight excluding hydrogens is 243 g/mol. The quantitative estimate of drug-likeness (QED) is 0.886. The van der Waals surface area contributed by atoms with E-state index in [1.54, 1.807) is 25.1 Å². The van der Waals surface area contributed by atoms with Gasteiger partial charge in [0.2, 0.25) is 0 Å². The minimum Gasteiger partial charge on any atom is -0.384 e. The Labute approximate surface area is 111 Å². The lowest BCUT2D eigenvalue weighted by Gasteiger charge is -2.15. The van der Waals surface area contributed by atoms with Crippen molar-refractivity contribution in [3.8, 4) is 0 Å². The highest BCUT2D eigenvalue weighted by atomic mass is 19.1. The summed E-state index contributed by atoms with van der Waals surface area (Å²) in [5.41, 5.74) is 6.74. The highest BCUT2D eigenvalue weighted by Gasteiger charge is 2.06. The molecule has 0 saturated heterocycles. The van der Waals surface area contributed by atoms with E-state index in [0.717, 1.165) is 12.0 Å². The lowest BCUT2D eigenvalue weighted by atomic mass is 10.1. The maximum absolute atomic E-state index is 12.8. The first kappa shape index (κ1) is 13.3. The van der Waals surface area contributed by atoms with Gasteiger partial charge >= 0.3 is 0 Å². The second kappa shape index (κ2) is 5.65. The monoisotopic (exact) mass is 260 g/mol. The summed E-state index contributed by atoms with van der Waals surface area (Å²) in [6.45, 7) is 3.84. The predicted molar refractivity (Wildman–Crippen MR) is 74.4 cm³/mol. The van der Waals surface area contributed by atoms with Crippen molar-refractivity contribution in [1.82, 2.24) is 9.97 Å². The topological polar surface area (TPSA) is 63.8 Å². The van der Waals surface area contributed by atoms with Crippen LogP contribution in [0.25, 0.3) is 0 Å². The first-order valence-electron chi connectivity index (χ1n) is 6.15. The molecule has 1 aromatic carbocycles. The van der Waals surface area contributed by atoms with Gasteiger partial charge < -0.3 is 11.1 Å². The molecule has 1 aromatic heterocycles. The lowest BCUT2D eigenvalue weighted by Crippen LogP contribution is -2.19. The first-order chi connectivity index (χ1) is 9.02. The van der Waals surface area contributed by atoms with Crippen molar-refractivity contribution >= 4 is 11.6 Å². The molecule has 3 N–H and O–H groups in total. The van der Waals surface area contributed by atoms with E-state index < -0.39 is 0 Å². The zero-order chi connectivity index (χ0) is 13.8. The van der Waals surface area contributed by atoms with Crippen LogP contribution in [0.15, 0.2) is 30.3 Å². The van der Waals surface area contributed by atoms with Gasteiger partial charge in [-0.05, 0) is 38.0 Å². The van der Waals surface area contributed by atoms with Crippen molar-refractivity contribution in [2.24, 2.45) is 0 Å². The normalized spacial score (nSPS) is 12.2. The van der Waals surface area contributed by atoms with Gasteiger partial charge in [-0.1, -0.05) is 12.1 Å². The summed E-state index contributed by atoms with van der Waals surface area (Å²) in [6.07, 6.45) is 0.781. The molecule has 0 fully saturated rings. The molecule has 4 nitrogen and oxygen atoms in total. The predicted octanol–water partition coefficient (Wildman–Crippen LogP) is 2.55. The fourth-order valence-corrected chi connectivity index (χ4v) is 1.94. The van der Waals surface area contributed by atoms with E-state index in [-0.39, 0.29) is 11.9 Å². The molecule has 0 amide bonds. The summed E-state index contributed by atoms with van der Waals surface area (Å²) >= 11 is 0. The van der Waals surface area contributed by atoms with Crippen LogP contribution in [0.1, 0.15) is 18.3 Å². The minimum atomic E-state index is -0.219. The Kier molecular flexibility index (Phi) is 3.94. The first-order valence-corrected chi connectivity index (χ1v) is 6.15. The maximum atomic E-state index is 12.8. The summed E-state index contributed by atoms with van der Waals surface area (Å²) in [7, 11) is 0. The second-order valence-corrected chi connectivity index (χ2v) is 4.60. The Balaban J connectivity index is 2.00. The molecule has 1 unspecified atom stereocenters. The van der Waals surface area contributed by atoms with E-state index in [0.29, 0.717) is 17.5 Å². The van der Waals surface area contributed by atoms with Crippen molar-refractivity contribution in [3.05, 3.63) is 47.5 Å². The van der Waals surface area contributed by atoms with Crippen LogP contribution in [0.4, 0.5) is 16.0 Å². The largest absolute Gasteiger partial charge is 0.384 e. The molecule has 0 bridgehead atoms. The van der Waals surface area contributed by atoms with Gasteiger partial charge in [0.05, 0.1) is 0 Å². The Hall–Kier alpha value is -2.17. The third kappa shape index (κ3) is 3.91. The van der Waals surface area contributed by atoms with E-state index >= 15 is 0 Å². The van der Waals surface area contributed by atoms with Gasteiger partial charge in [-0.25, -0.2) is 14.4 Å². The van der Waals surface area contributed by atoms with E-state index in [1.807, 2.05) is 6.92 Å². The molecule has 0 saturated carbocycles. The maximum Gasteiger partial charge on any atom is 0.132 e. The Morgan fingerprint density at radius 2 is 1.95 bits per heavy atom. The van der Waals surface area contributed by atoms with E-state index in [4.69, 9.17) is 5.73 Å². The Morgan fingerprint density at radius 3 is 2.58 bits per heavy atom. The minimum absolute atomic E-state index is 0.166. The number of aromatic nitrogens is 2. The number of rotatable bonds is 4. The number of nitrogens with two attached hydrogens (primary N) is 1. The summed E-state index contributed by atoms with van der Waals surface area (Å²) in [5, 5.41) is 3.26. The molecule has 0 radical (unpaired) electrons. The molecule has 2 aromatic rings. The third-order valence-corrected chi connectivity index (χ3v) is 2.71. The number of hydrogen-bond acceptors (Lipinski definition) is 4. The molecule has 100 valence electrons. The fraction of sp³-hybridized carbons (Fsp3) is 0.286. The number of aryl methyl sites for hydroxylation is 1. The molecule has 0 aliphatic carbocycles. The third-order valence-electron chi connectivity index (χ3n) is 2.71. The molecule has 0 aliphatic rings. The number of nitrogens with one attached hydrogen (secondary N) is 1. The van der Waals surface area contributed by atoms with Crippen LogP contribution < -0.4 is 11.1 Å². The molecule has 1 atom stereocenters. The standard InChI is InChI=1S/C14H17FN4/c1-9(7-11-3-5-12(15)6-4-11)17-14-8-13(16)18-10(2)19-14/h3-6,8-9H,7H2,1-2H3,(H3,16,17,18,19). The SMILES string of the molecule is Cc1nc(N)cc(NC(C)Cc2ccc(F)cc2)n1. The highest BCUT2D eigenvalue weighted by Crippen LogP contribution is 2.12. The molecule has 2 rings (SSSR count). The van der Waals surface area contributed by atoms with Gasteiger partial charge in [-0.3, -0.25) is 0 Å². The Bertz CT molecular complexity index is 534. The number of halogens is 1. The molecular formula is C14H17FN4. The molecule has 5 heteroatoms. The lowest BCUT2D eigenvalue weighted by molar-refractivity contribution is 0.626. The number of anilines is 2. The van der Waals surface area contributed by atoms with Crippen LogP contribution in [0.2, 0.25) is 0 Å². The van der Waals surface area contributed by atoms with Gasteiger partial charge in [0.15, 0.2) is 0 Å². The molecule has 1 heterocycles. The number of benzene rings is 1. The van der Waals surface area contributed by atoms with Gasteiger partial charge in [0, 0.05) is 12.1 Å². The average Bonchev–Trinajstić information content (AvgIpc) is 2.30. The summed E-state index contributed by atoms with van der Waals surface area (Å²) in [6, 6.07) is 8.37. The van der Waals surface area contributed by atoms with E-state index in [2.05, 4.69) is 15.3 Å². The summed E-state index contributed by atoms with van der Waals surface area (Å²) in [4.78, 5) is 8.29. The van der Waals surface area contributed by atoms with Gasteiger partial charge in [0.25, 0.3) is 0 Å².